The summed E-state index contributed by atoms with van der Waals surface area (Å²) in [6.07, 6.45) is 1.92. The van der Waals surface area contributed by atoms with Crippen LogP contribution in [0.5, 0.6) is 0 Å². The highest BCUT2D eigenvalue weighted by atomic mass is 127. The number of aromatic nitrogens is 2. The molecule has 0 saturated heterocycles. The van der Waals surface area contributed by atoms with Crippen LogP contribution in [0, 0.1) is 0 Å². The number of anilines is 1. The SMILES string of the molecule is CCN(CC)c1ccc(CNC(=NC)NCc2nc(C(C)C)cs2)cn1.I. The first-order valence-corrected chi connectivity index (χ1v) is 10.0. The summed E-state index contributed by atoms with van der Waals surface area (Å²) in [5, 5.41) is 9.84. The lowest BCUT2D eigenvalue weighted by molar-refractivity contribution is 0.783. The van der Waals surface area contributed by atoms with E-state index in [1.54, 1.807) is 18.4 Å². The highest BCUT2D eigenvalue weighted by molar-refractivity contribution is 14.0. The molecule has 0 saturated carbocycles. The van der Waals surface area contributed by atoms with Crippen molar-refractivity contribution in [2.24, 2.45) is 4.99 Å². The lowest BCUT2D eigenvalue weighted by Crippen LogP contribution is -2.36. The molecule has 0 aliphatic rings. The Morgan fingerprint density at radius 2 is 1.89 bits per heavy atom. The second-order valence-corrected chi connectivity index (χ2v) is 7.24. The van der Waals surface area contributed by atoms with Crippen molar-refractivity contribution < 1.29 is 0 Å². The van der Waals surface area contributed by atoms with E-state index in [1.807, 2.05) is 6.20 Å². The number of hydrogen-bond donors (Lipinski definition) is 2. The van der Waals surface area contributed by atoms with Crippen molar-refractivity contribution in [3.8, 4) is 0 Å². The monoisotopic (exact) mass is 502 g/mol. The third-order valence-electron chi connectivity index (χ3n) is 4.15. The molecule has 2 aromatic rings. The molecular formula is C19H31IN6S. The molecule has 0 fully saturated rings. The number of halogens is 1. The van der Waals surface area contributed by atoms with Crippen molar-refractivity contribution in [2.75, 3.05) is 25.0 Å². The Morgan fingerprint density at radius 1 is 1.19 bits per heavy atom. The van der Waals surface area contributed by atoms with Gasteiger partial charge in [0.1, 0.15) is 10.8 Å². The first-order chi connectivity index (χ1) is 12.6. The van der Waals surface area contributed by atoms with Gasteiger partial charge in [0, 0.05) is 38.3 Å². The fourth-order valence-electron chi connectivity index (χ4n) is 2.49. The second-order valence-electron chi connectivity index (χ2n) is 6.30. The average Bonchev–Trinajstić information content (AvgIpc) is 3.13. The minimum absolute atomic E-state index is 0. The maximum Gasteiger partial charge on any atom is 0.191 e. The normalized spacial score (nSPS) is 11.3. The van der Waals surface area contributed by atoms with E-state index in [2.05, 4.69) is 75.7 Å². The summed E-state index contributed by atoms with van der Waals surface area (Å²) in [6, 6.07) is 4.18. The summed E-state index contributed by atoms with van der Waals surface area (Å²) in [5.74, 6) is 2.24. The Balaban J connectivity index is 0.00000364. The fourth-order valence-corrected chi connectivity index (χ4v) is 3.39. The number of nitrogens with zero attached hydrogens (tertiary/aromatic N) is 4. The summed E-state index contributed by atoms with van der Waals surface area (Å²) < 4.78 is 0. The quantitative estimate of drug-likeness (QED) is 0.325. The van der Waals surface area contributed by atoms with Crippen LogP contribution < -0.4 is 15.5 Å². The van der Waals surface area contributed by atoms with Crippen LogP contribution in [-0.2, 0) is 13.1 Å². The molecule has 0 atom stereocenters. The Bertz CT molecular complexity index is 694. The van der Waals surface area contributed by atoms with Gasteiger partial charge in [-0.3, -0.25) is 4.99 Å². The Labute approximate surface area is 183 Å². The van der Waals surface area contributed by atoms with E-state index in [0.29, 0.717) is 19.0 Å². The van der Waals surface area contributed by atoms with Crippen molar-refractivity contribution >= 4 is 47.1 Å². The van der Waals surface area contributed by atoms with Gasteiger partial charge in [0.15, 0.2) is 5.96 Å². The maximum atomic E-state index is 4.64. The lowest BCUT2D eigenvalue weighted by atomic mass is 10.2. The third-order valence-corrected chi connectivity index (χ3v) is 5.02. The van der Waals surface area contributed by atoms with Gasteiger partial charge in [-0.1, -0.05) is 19.9 Å². The van der Waals surface area contributed by atoms with Crippen LogP contribution in [0.25, 0.3) is 0 Å². The molecule has 0 aliphatic heterocycles. The van der Waals surface area contributed by atoms with Gasteiger partial charge in [0.05, 0.1) is 12.2 Å². The highest BCUT2D eigenvalue weighted by Gasteiger charge is 2.07. The van der Waals surface area contributed by atoms with Crippen LogP contribution in [0.1, 0.15) is 49.9 Å². The van der Waals surface area contributed by atoms with Crippen LogP contribution in [0.15, 0.2) is 28.7 Å². The number of guanidine groups is 1. The Hall–Kier alpha value is -1.42. The van der Waals surface area contributed by atoms with E-state index in [4.69, 9.17) is 0 Å². The Kier molecular flexibility index (Phi) is 10.6. The number of rotatable bonds is 8. The molecule has 27 heavy (non-hydrogen) atoms. The minimum atomic E-state index is 0. The first kappa shape index (κ1) is 23.6. The molecule has 2 rings (SSSR count). The third kappa shape index (κ3) is 7.25. The molecule has 0 amide bonds. The number of pyridine rings is 1. The van der Waals surface area contributed by atoms with Crippen molar-refractivity contribution in [3.63, 3.8) is 0 Å². The predicted octanol–water partition coefficient (Wildman–Crippen LogP) is 3.99. The topological polar surface area (TPSA) is 65.4 Å². The number of nitrogens with one attached hydrogen (secondary N) is 2. The maximum absolute atomic E-state index is 4.64. The van der Waals surface area contributed by atoms with Gasteiger partial charge in [0.25, 0.3) is 0 Å². The van der Waals surface area contributed by atoms with Gasteiger partial charge < -0.3 is 15.5 Å². The molecule has 2 aromatic heterocycles. The molecular weight excluding hydrogens is 471 g/mol. The highest BCUT2D eigenvalue weighted by Crippen LogP contribution is 2.17. The smallest absolute Gasteiger partial charge is 0.191 e. The molecule has 2 heterocycles. The summed E-state index contributed by atoms with van der Waals surface area (Å²) in [6.45, 7) is 11.9. The fraction of sp³-hybridized carbons (Fsp3) is 0.526. The standard InChI is InChI=1S/C19H30N6S.HI/c1-6-25(7-2)17-9-8-15(10-21-17)11-22-19(20-5)23-12-18-24-16(13-26-18)14(3)4;/h8-10,13-14H,6-7,11-12H2,1-5H3,(H2,20,22,23);1H. The second kappa shape index (κ2) is 12.1. The molecule has 150 valence electrons. The molecule has 0 spiro atoms. The average molecular weight is 502 g/mol. The molecule has 0 bridgehead atoms. The van der Waals surface area contributed by atoms with Gasteiger partial charge in [-0.05, 0) is 31.4 Å². The van der Waals surface area contributed by atoms with Crippen molar-refractivity contribution in [3.05, 3.63) is 40.0 Å². The Morgan fingerprint density at radius 3 is 2.41 bits per heavy atom. The number of hydrogen-bond acceptors (Lipinski definition) is 5. The van der Waals surface area contributed by atoms with Crippen LogP contribution in [0.3, 0.4) is 0 Å². The van der Waals surface area contributed by atoms with Crippen molar-refractivity contribution in [1.82, 2.24) is 20.6 Å². The van der Waals surface area contributed by atoms with Gasteiger partial charge in [-0.25, -0.2) is 9.97 Å². The molecule has 0 unspecified atom stereocenters. The van der Waals surface area contributed by atoms with Crippen LogP contribution in [0.2, 0.25) is 0 Å². The molecule has 0 aliphatic carbocycles. The van der Waals surface area contributed by atoms with E-state index in [9.17, 15) is 0 Å². The van der Waals surface area contributed by atoms with E-state index >= 15 is 0 Å². The summed E-state index contributed by atoms with van der Waals surface area (Å²) in [7, 11) is 1.78. The molecule has 2 N–H and O–H groups in total. The predicted molar refractivity (Wildman–Crippen MR) is 126 cm³/mol. The van der Waals surface area contributed by atoms with Gasteiger partial charge in [0.2, 0.25) is 0 Å². The zero-order chi connectivity index (χ0) is 18.9. The van der Waals surface area contributed by atoms with E-state index in [1.165, 1.54) is 0 Å². The largest absolute Gasteiger partial charge is 0.357 e. The van der Waals surface area contributed by atoms with Crippen LogP contribution in [0.4, 0.5) is 5.82 Å². The summed E-state index contributed by atoms with van der Waals surface area (Å²) in [5.41, 5.74) is 2.27. The summed E-state index contributed by atoms with van der Waals surface area (Å²) >= 11 is 1.68. The molecule has 0 radical (unpaired) electrons. The van der Waals surface area contributed by atoms with Crippen LogP contribution >= 0.6 is 35.3 Å². The first-order valence-electron chi connectivity index (χ1n) is 9.16. The number of aliphatic imine (C=N–C) groups is 1. The minimum Gasteiger partial charge on any atom is -0.357 e. The lowest BCUT2D eigenvalue weighted by Gasteiger charge is -2.19. The van der Waals surface area contributed by atoms with Crippen molar-refractivity contribution in [1.29, 1.82) is 0 Å². The van der Waals surface area contributed by atoms with Gasteiger partial charge in [-0.15, -0.1) is 35.3 Å². The van der Waals surface area contributed by atoms with Gasteiger partial charge >= 0.3 is 0 Å². The summed E-state index contributed by atoms with van der Waals surface area (Å²) in [4.78, 5) is 15.7. The van der Waals surface area contributed by atoms with Crippen molar-refractivity contribution in [2.45, 2.75) is 46.7 Å². The molecule has 0 aromatic carbocycles. The van der Waals surface area contributed by atoms with E-state index in [-0.39, 0.29) is 24.0 Å². The zero-order valence-electron chi connectivity index (χ0n) is 16.8. The van der Waals surface area contributed by atoms with Gasteiger partial charge in [-0.2, -0.15) is 0 Å². The van der Waals surface area contributed by atoms with E-state index < -0.39 is 0 Å². The van der Waals surface area contributed by atoms with E-state index in [0.717, 1.165) is 41.1 Å². The van der Waals surface area contributed by atoms with Crippen LogP contribution in [-0.4, -0.2) is 36.1 Å². The molecule has 8 heteroatoms. The molecule has 6 nitrogen and oxygen atoms in total. The number of thiazole rings is 1. The zero-order valence-corrected chi connectivity index (χ0v) is 20.0.